The van der Waals surface area contributed by atoms with Gasteiger partial charge in [0.05, 0.1) is 17.4 Å². The molecule has 0 radical (unpaired) electrons. The van der Waals surface area contributed by atoms with Crippen LogP contribution in [-0.2, 0) is 0 Å². The monoisotopic (exact) mass is 222 g/mol. The molecule has 0 fully saturated rings. The minimum absolute atomic E-state index is 0.529. The van der Waals surface area contributed by atoms with Crippen molar-refractivity contribution < 1.29 is 0 Å². The summed E-state index contributed by atoms with van der Waals surface area (Å²) >= 11 is 5.70. The van der Waals surface area contributed by atoms with Crippen molar-refractivity contribution in [2.75, 3.05) is 5.43 Å². The third-order valence-corrected chi connectivity index (χ3v) is 2.30. The van der Waals surface area contributed by atoms with Crippen LogP contribution in [0.25, 0.3) is 0 Å². The molecule has 2 aromatic rings. The van der Waals surface area contributed by atoms with Crippen LogP contribution in [0.1, 0.15) is 11.4 Å². The van der Waals surface area contributed by atoms with Crippen molar-refractivity contribution in [3.05, 3.63) is 40.9 Å². The quantitative estimate of drug-likeness (QED) is 0.849. The predicted octanol–water partition coefficient (Wildman–Crippen LogP) is 2.42. The predicted molar refractivity (Wildman–Crippen MR) is 60.0 cm³/mol. The van der Waals surface area contributed by atoms with Gasteiger partial charge < -0.3 is 0 Å². The smallest absolute Gasteiger partial charge is 0.242 e. The zero-order valence-electron chi connectivity index (χ0n) is 8.53. The van der Waals surface area contributed by atoms with E-state index >= 15 is 0 Å². The normalized spacial score (nSPS) is 10.3. The number of aromatic nitrogens is 3. The van der Waals surface area contributed by atoms with E-state index in [1.807, 2.05) is 30.7 Å². The summed E-state index contributed by atoms with van der Waals surface area (Å²) in [4.78, 5) is 8.12. The lowest BCUT2D eigenvalue weighted by atomic mass is 10.5. The molecule has 0 atom stereocenters. The molecule has 0 spiro atoms. The maximum absolute atomic E-state index is 5.70. The Morgan fingerprint density at radius 2 is 1.67 bits per heavy atom. The average molecular weight is 223 g/mol. The van der Waals surface area contributed by atoms with E-state index < -0.39 is 0 Å². The highest BCUT2D eigenvalue weighted by atomic mass is 35.5. The van der Waals surface area contributed by atoms with Crippen LogP contribution in [0, 0.1) is 13.8 Å². The number of aryl methyl sites for hydroxylation is 2. The van der Waals surface area contributed by atoms with E-state index in [2.05, 4.69) is 15.4 Å². The molecule has 78 valence electrons. The first-order valence-corrected chi connectivity index (χ1v) is 4.94. The Hall–Kier alpha value is -1.55. The zero-order valence-corrected chi connectivity index (χ0v) is 9.28. The molecule has 2 rings (SSSR count). The molecule has 0 aromatic carbocycles. The second-order valence-corrected chi connectivity index (χ2v) is 3.72. The van der Waals surface area contributed by atoms with E-state index in [9.17, 15) is 0 Å². The highest BCUT2D eigenvalue weighted by molar-refractivity contribution is 6.30. The average Bonchev–Trinajstić information content (AvgIpc) is 2.53. The lowest BCUT2D eigenvalue weighted by Gasteiger charge is -2.10. The summed E-state index contributed by atoms with van der Waals surface area (Å²) in [5.41, 5.74) is 5.29. The van der Waals surface area contributed by atoms with Crippen LogP contribution in [0.15, 0.2) is 24.5 Å². The van der Waals surface area contributed by atoms with Crippen LogP contribution in [0.2, 0.25) is 5.02 Å². The SMILES string of the molecule is Cc1ccc(C)n1Nc1ncc(Cl)cn1. The van der Waals surface area contributed by atoms with Gasteiger partial charge in [0.15, 0.2) is 0 Å². The largest absolute Gasteiger partial charge is 0.262 e. The number of hydrogen-bond donors (Lipinski definition) is 1. The minimum Gasteiger partial charge on any atom is -0.262 e. The fourth-order valence-electron chi connectivity index (χ4n) is 1.31. The Balaban J connectivity index is 2.25. The van der Waals surface area contributed by atoms with Crippen LogP contribution in [-0.4, -0.2) is 14.6 Å². The van der Waals surface area contributed by atoms with Gasteiger partial charge in [-0.3, -0.25) is 10.1 Å². The molecule has 0 saturated heterocycles. The van der Waals surface area contributed by atoms with Gasteiger partial charge in [-0.05, 0) is 26.0 Å². The van der Waals surface area contributed by atoms with E-state index in [1.54, 1.807) is 12.4 Å². The molecule has 2 heterocycles. The summed E-state index contributed by atoms with van der Waals surface area (Å²) in [6, 6.07) is 4.05. The maximum atomic E-state index is 5.70. The maximum Gasteiger partial charge on any atom is 0.242 e. The Morgan fingerprint density at radius 1 is 1.13 bits per heavy atom. The highest BCUT2D eigenvalue weighted by Crippen LogP contribution is 2.09. The van der Waals surface area contributed by atoms with Crippen LogP contribution in [0.3, 0.4) is 0 Å². The number of nitrogens with one attached hydrogen (secondary N) is 1. The second-order valence-electron chi connectivity index (χ2n) is 3.29. The van der Waals surface area contributed by atoms with Gasteiger partial charge in [-0.1, -0.05) is 11.6 Å². The van der Waals surface area contributed by atoms with Gasteiger partial charge in [0.2, 0.25) is 5.95 Å². The summed E-state index contributed by atoms with van der Waals surface area (Å²) in [6.45, 7) is 4.02. The van der Waals surface area contributed by atoms with Crippen LogP contribution >= 0.6 is 11.6 Å². The summed E-state index contributed by atoms with van der Waals surface area (Å²) in [7, 11) is 0. The zero-order chi connectivity index (χ0) is 10.8. The first-order chi connectivity index (χ1) is 7.16. The van der Waals surface area contributed by atoms with Crippen molar-refractivity contribution in [3.63, 3.8) is 0 Å². The third kappa shape index (κ3) is 2.10. The van der Waals surface area contributed by atoms with Gasteiger partial charge in [-0.25, -0.2) is 9.97 Å². The fourth-order valence-corrected chi connectivity index (χ4v) is 1.41. The van der Waals surface area contributed by atoms with Crippen molar-refractivity contribution in [1.29, 1.82) is 0 Å². The molecule has 0 amide bonds. The van der Waals surface area contributed by atoms with E-state index in [0.717, 1.165) is 11.4 Å². The van der Waals surface area contributed by atoms with E-state index in [1.165, 1.54) is 0 Å². The van der Waals surface area contributed by atoms with Gasteiger partial charge >= 0.3 is 0 Å². The summed E-state index contributed by atoms with van der Waals surface area (Å²) in [5, 5.41) is 0.529. The molecule has 0 aliphatic rings. The molecule has 0 bridgehead atoms. The van der Waals surface area contributed by atoms with Gasteiger partial charge in [-0.15, -0.1) is 0 Å². The molecule has 0 saturated carbocycles. The van der Waals surface area contributed by atoms with Gasteiger partial charge in [0.1, 0.15) is 0 Å². The van der Waals surface area contributed by atoms with Crippen molar-refractivity contribution in [3.8, 4) is 0 Å². The Bertz CT molecular complexity index is 441. The molecule has 4 nitrogen and oxygen atoms in total. The van der Waals surface area contributed by atoms with Gasteiger partial charge in [0.25, 0.3) is 0 Å². The molecular formula is C10H11ClN4. The van der Waals surface area contributed by atoms with Crippen LogP contribution in [0.5, 0.6) is 0 Å². The molecule has 15 heavy (non-hydrogen) atoms. The molecule has 0 aliphatic heterocycles. The molecule has 5 heteroatoms. The van der Waals surface area contributed by atoms with Gasteiger partial charge in [-0.2, -0.15) is 0 Å². The number of rotatable bonds is 2. The number of anilines is 1. The third-order valence-electron chi connectivity index (χ3n) is 2.10. The first-order valence-electron chi connectivity index (χ1n) is 4.56. The Morgan fingerprint density at radius 3 is 2.20 bits per heavy atom. The molecule has 0 unspecified atom stereocenters. The van der Waals surface area contributed by atoms with E-state index in [-0.39, 0.29) is 0 Å². The first kappa shape index (κ1) is 9.98. The molecular weight excluding hydrogens is 212 g/mol. The van der Waals surface area contributed by atoms with Crippen molar-refractivity contribution >= 4 is 17.5 Å². The van der Waals surface area contributed by atoms with Gasteiger partial charge in [0, 0.05) is 11.4 Å². The summed E-state index contributed by atoms with van der Waals surface area (Å²) in [6.07, 6.45) is 3.12. The Kier molecular flexibility index (Phi) is 2.60. The number of halogens is 1. The fraction of sp³-hybridized carbons (Fsp3) is 0.200. The molecule has 0 aliphatic carbocycles. The highest BCUT2D eigenvalue weighted by Gasteiger charge is 2.02. The van der Waals surface area contributed by atoms with Crippen LogP contribution in [0.4, 0.5) is 5.95 Å². The van der Waals surface area contributed by atoms with Crippen molar-refractivity contribution in [2.24, 2.45) is 0 Å². The van der Waals surface area contributed by atoms with E-state index in [4.69, 9.17) is 11.6 Å². The minimum atomic E-state index is 0.529. The van der Waals surface area contributed by atoms with E-state index in [0.29, 0.717) is 11.0 Å². The number of hydrogen-bond acceptors (Lipinski definition) is 3. The second kappa shape index (κ2) is 3.90. The van der Waals surface area contributed by atoms with Crippen molar-refractivity contribution in [1.82, 2.24) is 14.6 Å². The topological polar surface area (TPSA) is 42.7 Å². The van der Waals surface area contributed by atoms with Crippen molar-refractivity contribution in [2.45, 2.75) is 13.8 Å². The number of nitrogens with zero attached hydrogens (tertiary/aromatic N) is 3. The standard InChI is InChI=1S/C10H11ClN4/c1-7-3-4-8(2)15(7)14-10-12-5-9(11)6-13-10/h3-6H,1-2H3,(H,12,13,14). The Labute approximate surface area is 92.9 Å². The molecule has 2 aromatic heterocycles. The molecule has 1 N–H and O–H groups in total. The summed E-state index contributed by atoms with van der Waals surface area (Å²) < 4.78 is 1.92. The summed E-state index contributed by atoms with van der Waals surface area (Å²) in [5.74, 6) is 0.529. The lowest BCUT2D eigenvalue weighted by Crippen LogP contribution is -2.14. The lowest BCUT2D eigenvalue weighted by molar-refractivity contribution is 0.856. The van der Waals surface area contributed by atoms with Crippen LogP contribution < -0.4 is 5.43 Å².